The number of aromatic amines is 1. The van der Waals surface area contributed by atoms with E-state index in [0.29, 0.717) is 17.7 Å². The second kappa shape index (κ2) is 6.63. The third kappa shape index (κ3) is 3.35. The molecule has 0 aliphatic carbocycles. The van der Waals surface area contributed by atoms with E-state index in [0.717, 1.165) is 0 Å². The van der Waals surface area contributed by atoms with E-state index >= 15 is 0 Å². The van der Waals surface area contributed by atoms with E-state index in [-0.39, 0.29) is 17.4 Å². The fraction of sp³-hybridized carbons (Fsp3) is 0.267. The van der Waals surface area contributed by atoms with Gasteiger partial charge >= 0.3 is 0 Å². The zero-order chi connectivity index (χ0) is 16.1. The maximum atomic E-state index is 12.2. The van der Waals surface area contributed by atoms with Crippen molar-refractivity contribution in [1.82, 2.24) is 20.5 Å². The van der Waals surface area contributed by atoms with Crippen molar-refractivity contribution in [3.63, 3.8) is 0 Å². The van der Waals surface area contributed by atoms with E-state index in [2.05, 4.69) is 25.3 Å². The molecule has 1 atom stereocenters. The van der Waals surface area contributed by atoms with Crippen LogP contribution >= 0.6 is 0 Å². The molecule has 7 heteroatoms. The Morgan fingerprint density at radius 3 is 2.82 bits per heavy atom. The molecule has 1 amide bonds. The minimum Gasteiger partial charge on any atom is -0.348 e. The molecule has 0 radical (unpaired) electrons. The molecule has 1 unspecified atom stereocenters. The van der Waals surface area contributed by atoms with Gasteiger partial charge in [0.05, 0.1) is 12.6 Å². The predicted molar refractivity (Wildman–Crippen MR) is 81.2 cm³/mol. The second-order valence-corrected chi connectivity index (χ2v) is 4.71. The van der Waals surface area contributed by atoms with Gasteiger partial charge in [-0.1, -0.05) is 25.1 Å². The summed E-state index contributed by atoms with van der Waals surface area (Å²) >= 11 is 0. The number of nitrogens with zero attached hydrogens (tertiary/aromatic N) is 3. The van der Waals surface area contributed by atoms with Gasteiger partial charge in [0, 0.05) is 12.5 Å². The van der Waals surface area contributed by atoms with Crippen molar-refractivity contribution in [3.05, 3.63) is 51.7 Å². The highest BCUT2D eigenvalue weighted by molar-refractivity contribution is 5.73. The van der Waals surface area contributed by atoms with Crippen LogP contribution in [0.5, 0.6) is 0 Å². The van der Waals surface area contributed by atoms with Gasteiger partial charge in [0.15, 0.2) is 17.2 Å². The topological polar surface area (TPSA) is 92.1 Å². The summed E-state index contributed by atoms with van der Waals surface area (Å²) in [6.07, 6.45) is 0.532. The lowest BCUT2D eigenvalue weighted by Crippen LogP contribution is -2.32. The van der Waals surface area contributed by atoms with Gasteiger partial charge < -0.3 is 10.3 Å². The molecule has 1 aromatic carbocycles. The van der Waals surface area contributed by atoms with Crippen LogP contribution < -0.4 is 10.9 Å². The summed E-state index contributed by atoms with van der Waals surface area (Å²) in [5, 5.41) is 10.6. The fourth-order valence-corrected chi connectivity index (χ4v) is 2.04. The summed E-state index contributed by atoms with van der Waals surface area (Å²) in [7, 11) is 0. The monoisotopic (exact) mass is 297 g/mol. The third-order valence-corrected chi connectivity index (χ3v) is 3.09. The average Bonchev–Trinajstić information content (AvgIpc) is 2.52. The number of H-pyrrole nitrogens is 1. The lowest BCUT2D eigenvalue weighted by molar-refractivity contribution is -0.119. The molecule has 7 nitrogen and oxygen atoms in total. The lowest BCUT2D eigenvalue weighted by atomic mass is 10.1. The molecule has 1 heterocycles. The SMILES string of the molecule is [C-]#[N+]c1cccc(-c2nnc(C(CC)NC(C)=O)c(=O)[nH]2)c1. The Labute approximate surface area is 127 Å². The van der Waals surface area contributed by atoms with E-state index in [9.17, 15) is 9.59 Å². The van der Waals surface area contributed by atoms with Gasteiger partial charge in [-0.2, -0.15) is 0 Å². The van der Waals surface area contributed by atoms with Gasteiger partial charge in [-0.15, -0.1) is 10.2 Å². The molecule has 2 aromatic rings. The smallest absolute Gasteiger partial charge is 0.275 e. The van der Waals surface area contributed by atoms with Gasteiger partial charge in [0.25, 0.3) is 5.56 Å². The molecule has 0 aliphatic rings. The van der Waals surface area contributed by atoms with E-state index < -0.39 is 11.6 Å². The Morgan fingerprint density at radius 2 is 2.23 bits per heavy atom. The predicted octanol–water partition coefficient (Wildman–Crippen LogP) is 1.97. The number of carbonyl (C=O) groups excluding carboxylic acids is 1. The summed E-state index contributed by atoms with van der Waals surface area (Å²) in [6.45, 7) is 10.2. The van der Waals surface area contributed by atoms with Crippen LogP contribution in [0, 0.1) is 6.57 Å². The van der Waals surface area contributed by atoms with Crippen LogP contribution in [0.1, 0.15) is 32.0 Å². The van der Waals surface area contributed by atoms with Crippen LogP contribution in [-0.2, 0) is 4.79 Å². The first-order valence-electron chi connectivity index (χ1n) is 6.77. The summed E-state index contributed by atoms with van der Waals surface area (Å²) in [5.74, 6) is 0.0545. The molecule has 22 heavy (non-hydrogen) atoms. The number of carbonyl (C=O) groups is 1. The summed E-state index contributed by atoms with van der Waals surface area (Å²) in [4.78, 5) is 29.3. The van der Waals surface area contributed by atoms with E-state index in [1.807, 2.05) is 6.92 Å². The summed E-state index contributed by atoms with van der Waals surface area (Å²) < 4.78 is 0. The molecule has 2 N–H and O–H groups in total. The van der Waals surface area contributed by atoms with Gasteiger partial charge in [-0.3, -0.25) is 9.59 Å². The largest absolute Gasteiger partial charge is 0.348 e. The van der Waals surface area contributed by atoms with Crippen LogP contribution in [0.15, 0.2) is 29.1 Å². The van der Waals surface area contributed by atoms with Crippen LogP contribution in [0.2, 0.25) is 0 Å². The first kappa shape index (κ1) is 15.4. The van der Waals surface area contributed by atoms with Crippen molar-refractivity contribution in [2.24, 2.45) is 0 Å². The summed E-state index contributed by atoms with van der Waals surface area (Å²) in [6, 6.07) is 6.26. The fourth-order valence-electron chi connectivity index (χ4n) is 2.04. The lowest BCUT2D eigenvalue weighted by Gasteiger charge is -2.13. The molecule has 0 aliphatic heterocycles. The molecular formula is C15H15N5O2. The second-order valence-electron chi connectivity index (χ2n) is 4.71. The van der Waals surface area contributed by atoms with E-state index in [1.165, 1.54) is 6.92 Å². The molecule has 1 aromatic heterocycles. The standard InChI is InChI=1S/C15H15N5O2/c1-4-12(17-9(2)21)13-15(22)18-14(20-19-13)10-6-5-7-11(8-10)16-3/h5-8,12H,4H2,1-2H3,(H,17,21)(H,18,20,22). The van der Waals surface area contributed by atoms with E-state index in [4.69, 9.17) is 6.57 Å². The molecule has 0 saturated heterocycles. The summed E-state index contributed by atoms with van der Waals surface area (Å²) in [5.41, 5.74) is 0.827. The van der Waals surface area contributed by atoms with Crippen LogP contribution in [0.25, 0.3) is 16.2 Å². The first-order valence-corrected chi connectivity index (χ1v) is 6.77. The van der Waals surface area contributed by atoms with Crippen molar-refractivity contribution in [3.8, 4) is 11.4 Å². The number of nitrogens with one attached hydrogen (secondary N) is 2. The zero-order valence-electron chi connectivity index (χ0n) is 12.3. The Bertz CT molecular complexity index is 791. The number of rotatable bonds is 4. The van der Waals surface area contributed by atoms with Gasteiger partial charge in [0.2, 0.25) is 5.91 Å². The van der Waals surface area contributed by atoms with Crippen molar-refractivity contribution < 1.29 is 4.79 Å². The average molecular weight is 297 g/mol. The maximum Gasteiger partial charge on any atom is 0.275 e. The minimum absolute atomic E-state index is 0.169. The number of amides is 1. The maximum absolute atomic E-state index is 12.2. The van der Waals surface area contributed by atoms with Gasteiger partial charge in [-0.05, 0) is 12.5 Å². The highest BCUT2D eigenvalue weighted by Gasteiger charge is 2.17. The Hall–Kier alpha value is -3.01. The number of benzene rings is 1. The quantitative estimate of drug-likeness (QED) is 0.844. The zero-order valence-corrected chi connectivity index (χ0v) is 12.3. The molecular weight excluding hydrogens is 282 g/mol. The molecule has 2 rings (SSSR count). The highest BCUT2D eigenvalue weighted by atomic mass is 16.1. The van der Waals surface area contributed by atoms with Crippen molar-refractivity contribution >= 4 is 11.6 Å². The van der Waals surface area contributed by atoms with Crippen molar-refractivity contribution in [1.29, 1.82) is 0 Å². The van der Waals surface area contributed by atoms with Crippen LogP contribution in [0.3, 0.4) is 0 Å². The Balaban J connectivity index is 2.39. The molecule has 112 valence electrons. The highest BCUT2D eigenvalue weighted by Crippen LogP contribution is 2.20. The van der Waals surface area contributed by atoms with Crippen LogP contribution in [-0.4, -0.2) is 21.1 Å². The molecule has 0 fully saturated rings. The number of aromatic nitrogens is 3. The third-order valence-electron chi connectivity index (χ3n) is 3.09. The van der Waals surface area contributed by atoms with Crippen LogP contribution in [0.4, 0.5) is 5.69 Å². The van der Waals surface area contributed by atoms with Crippen molar-refractivity contribution in [2.75, 3.05) is 0 Å². The van der Waals surface area contributed by atoms with Gasteiger partial charge in [-0.25, -0.2) is 4.85 Å². The number of hydrogen-bond acceptors (Lipinski definition) is 4. The van der Waals surface area contributed by atoms with Gasteiger partial charge in [0.1, 0.15) is 0 Å². The van der Waals surface area contributed by atoms with E-state index in [1.54, 1.807) is 24.3 Å². The number of hydrogen-bond donors (Lipinski definition) is 2. The molecule has 0 saturated carbocycles. The molecule has 0 bridgehead atoms. The minimum atomic E-state index is -0.475. The first-order chi connectivity index (χ1) is 10.5. The Morgan fingerprint density at radius 1 is 1.45 bits per heavy atom. The Kier molecular flexibility index (Phi) is 4.63. The molecule has 0 spiro atoms. The van der Waals surface area contributed by atoms with Crippen molar-refractivity contribution in [2.45, 2.75) is 26.3 Å². The normalized spacial score (nSPS) is 11.5.